The molecule has 0 aromatic heterocycles. The molecule has 2 aromatic rings. The molecule has 0 heterocycles. The minimum atomic E-state index is -0.643. The molecule has 0 saturated carbocycles. The highest BCUT2D eigenvalue weighted by molar-refractivity contribution is 5.73. The van der Waals surface area contributed by atoms with Gasteiger partial charge >= 0.3 is 0 Å². The van der Waals surface area contributed by atoms with Gasteiger partial charge in [-0.1, -0.05) is 6.07 Å². The van der Waals surface area contributed by atoms with Crippen LogP contribution in [0.1, 0.15) is 0 Å². The Bertz CT molecular complexity index is 555. The van der Waals surface area contributed by atoms with Crippen molar-refractivity contribution in [2.75, 3.05) is 11.1 Å². The summed E-state index contributed by atoms with van der Waals surface area (Å²) in [7, 11) is 0. The third-order valence-electron chi connectivity index (χ3n) is 2.25. The Hall–Kier alpha value is -2.17. The SMILES string of the molecule is Nc1c(F)cccc1Nc1cc(F)ccc1F. The summed E-state index contributed by atoms with van der Waals surface area (Å²) in [5, 5.41) is 2.54. The van der Waals surface area contributed by atoms with E-state index in [2.05, 4.69) is 5.32 Å². The molecule has 0 aliphatic rings. The molecule has 0 aliphatic carbocycles. The van der Waals surface area contributed by atoms with Crippen LogP contribution in [-0.4, -0.2) is 0 Å². The van der Waals surface area contributed by atoms with Gasteiger partial charge in [-0.3, -0.25) is 0 Å². The van der Waals surface area contributed by atoms with Crippen molar-refractivity contribution in [2.45, 2.75) is 0 Å². The molecule has 5 heteroatoms. The number of benzene rings is 2. The van der Waals surface area contributed by atoms with Crippen molar-refractivity contribution in [3.63, 3.8) is 0 Å². The van der Waals surface area contributed by atoms with E-state index in [9.17, 15) is 13.2 Å². The minimum absolute atomic E-state index is 0.0951. The number of anilines is 3. The van der Waals surface area contributed by atoms with Gasteiger partial charge in [0.15, 0.2) is 0 Å². The van der Waals surface area contributed by atoms with Gasteiger partial charge in [0.05, 0.1) is 17.1 Å². The highest BCUT2D eigenvalue weighted by Crippen LogP contribution is 2.26. The molecule has 0 unspecified atom stereocenters. The highest BCUT2D eigenvalue weighted by Gasteiger charge is 2.08. The molecule has 2 aromatic carbocycles. The molecule has 0 bridgehead atoms. The number of para-hydroxylation sites is 1. The molecule has 2 nitrogen and oxygen atoms in total. The Labute approximate surface area is 95.9 Å². The first kappa shape index (κ1) is 11.3. The lowest BCUT2D eigenvalue weighted by atomic mass is 10.2. The predicted octanol–water partition coefficient (Wildman–Crippen LogP) is 3.43. The van der Waals surface area contributed by atoms with Crippen LogP contribution in [0.15, 0.2) is 36.4 Å². The van der Waals surface area contributed by atoms with E-state index in [1.165, 1.54) is 18.2 Å². The first-order valence-corrected chi connectivity index (χ1v) is 4.84. The molecule has 0 fully saturated rings. The fourth-order valence-electron chi connectivity index (χ4n) is 1.38. The Kier molecular flexibility index (Phi) is 2.91. The Morgan fingerprint density at radius 3 is 2.41 bits per heavy atom. The van der Waals surface area contributed by atoms with E-state index in [-0.39, 0.29) is 17.1 Å². The van der Waals surface area contributed by atoms with Crippen molar-refractivity contribution in [1.29, 1.82) is 0 Å². The molecule has 0 saturated heterocycles. The molecular weight excluding hydrogens is 229 g/mol. The second kappa shape index (κ2) is 4.37. The van der Waals surface area contributed by atoms with Gasteiger partial charge in [-0.2, -0.15) is 0 Å². The van der Waals surface area contributed by atoms with Crippen molar-refractivity contribution in [2.24, 2.45) is 0 Å². The molecule has 2 rings (SSSR count). The van der Waals surface area contributed by atoms with E-state index in [1.807, 2.05) is 0 Å². The van der Waals surface area contributed by atoms with Crippen molar-refractivity contribution in [3.8, 4) is 0 Å². The predicted molar refractivity (Wildman–Crippen MR) is 60.5 cm³/mol. The first-order valence-electron chi connectivity index (χ1n) is 4.84. The topological polar surface area (TPSA) is 38.0 Å². The van der Waals surface area contributed by atoms with E-state index >= 15 is 0 Å². The Morgan fingerprint density at radius 2 is 1.65 bits per heavy atom. The fraction of sp³-hybridized carbons (Fsp3) is 0. The monoisotopic (exact) mass is 238 g/mol. The van der Waals surface area contributed by atoms with Gasteiger partial charge in [-0.05, 0) is 24.3 Å². The number of halogens is 3. The van der Waals surface area contributed by atoms with E-state index in [1.54, 1.807) is 0 Å². The van der Waals surface area contributed by atoms with Crippen LogP contribution in [-0.2, 0) is 0 Å². The first-order chi connectivity index (χ1) is 8.08. The number of rotatable bonds is 2. The minimum Gasteiger partial charge on any atom is -0.395 e. The van der Waals surface area contributed by atoms with Crippen LogP contribution in [0.2, 0.25) is 0 Å². The molecule has 0 atom stereocenters. The van der Waals surface area contributed by atoms with Crippen LogP contribution < -0.4 is 11.1 Å². The normalized spacial score (nSPS) is 10.3. The van der Waals surface area contributed by atoms with Crippen molar-refractivity contribution < 1.29 is 13.2 Å². The third-order valence-corrected chi connectivity index (χ3v) is 2.25. The standard InChI is InChI=1S/C12H9F3N2/c13-7-4-5-8(14)11(6-7)17-10-3-1-2-9(15)12(10)16/h1-6,17H,16H2. The van der Waals surface area contributed by atoms with Gasteiger partial charge in [0, 0.05) is 6.07 Å². The highest BCUT2D eigenvalue weighted by atomic mass is 19.1. The average molecular weight is 238 g/mol. The zero-order chi connectivity index (χ0) is 12.4. The van der Waals surface area contributed by atoms with Gasteiger partial charge in [-0.25, -0.2) is 13.2 Å². The van der Waals surface area contributed by atoms with Gasteiger partial charge < -0.3 is 11.1 Å². The van der Waals surface area contributed by atoms with Crippen LogP contribution in [0.4, 0.5) is 30.2 Å². The van der Waals surface area contributed by atoms with E-state index in [4.69, 9.17) is 5.73 Å². The largest absolute Gasteiger partial charge is 0.395 e. The van der Waals surface area contributed by atoms with Gasteiger partial charge in [0.2, 0.25) is 0 Å². The van der Waals surface area contributed by atoms with Crippen LogP contribution in [0.3, 0.4) is 0 Å². The smallest absolute Gasteiger partial charge is 0.148 e. The maximum Gasteiger partial charge on any atom is 0.148 e. The van der Waals surface area contributed by atoms with Gasteiger partial charge in [0.25, 0.3) is 0 Å². The van der Waals surface area contributed by atoms with Crippen molar-refractivity contribution in [1.82, 2.24) is 0 Å². The number of hydrogen-bond acceptors (Lipinski definition) is 2. The molecule has 0 radical (unpaired) electrons. The molecule has 0 aliphatic heterocycles. The van der Waals surface area contributed by atoms with E-state index in [0.29, 0.717) is 0 Å². The van der Waals surface area contributed by atoms with Crippen molar-refractivity contribution in [3.05, 3.63) is 53.8 Å². The average Bonchev–Trinajstić information content (AvgIpc) is 2.30. The maximum atomic E-state index is 13.3. The second-order valence-corrected chi connectivity index (χ2v) is 3.45. The molecule has 0 amide bonds. The third kappa shape index (κ3) is 2.33. The number of nitrogens with two attached hydrogens (primary N) is 1. The summed E-state index contributed by atoms with van der Waals surface area (Å²) >= 11 is 0. The van der Waals surface area contributed by atoms with Gasteiger partial charge in [-0.15, -0.1) is 0 Å². The fourth-order valence-corrected chi connectivity index (χ4v) is 1.38. The quantitative estimate of drug-likeness (QED) is 0.786. The van der Waals surface area contributed by atoms with Gasteiger partial charge in [0.1, 0.15) is 17.5 Å². The number of nitrogens with one attached hydrogen (secondary N) is 1. The summed E-state index contributed by atoms with van der Waals surface area (Å²) in [5.41, 5.74) is 5.42. The Morgan fingerprint density at radius 1 is 0.882 bits per heavy atom. The van der Waals surface area contributed by atoms with Crippen LogP contribution in [0.5, 0.6) is 0 Å². The molecule has 17 heavy (non-hydrogen) atoms. The second-order valence-electron chi connectivity index (χ2n) is 3.45. The Balaban J connectivity index is 2.38. The molecule has 3 N–H and O–H groups in total. The van der Waals surface area contributed by atoms with Crippen LogP contribution >= 0.6 is 0 Å². The zero-order valence-corrected chi connectivity index (χ0v) is 8.68. The van der Waals surface area contributed by atoms with Crippen LogP contribution in [0.25, 0.3) is 0 Å². The summed E-state index contributed by atoms with van der Waals surface area (Å²) in [5.74, 6) is -1.86. The van der Waals surface area contributed by atoms with E-state index in [0.717, 1.165) is 18.2 Å². The summed E-state index contributed by atoms with van der Waals surface area (Å²) in [6.45, 7) is 0. The summed E-state index contributed by atoms with van der Waals surface area (Å²) < 4.78 is 39.4. The number of nitrogen functional groups attached to an aromatic ring is 1. The van der Waals surface area contributed by atoms with E-state index < -0.39 is 17.5 Å². The summed E-state index contributed by atoms with van der Waals surface area (Å²) in [4.78, 5) is 0. The summed E-state index contributed by atoms with van der Waals surface area (Å²) in [6, 6.07) is 7.03. The lowest BCUT2D eigenvalue weighted by Gasteiger charge is -2.10. The summed E-state index contributed by atoms with van der Waals surface area (Å²) in [6.07, 6.45) is 0. The lowest BCUT2D eigenvalue weighted by Crippen LogP contribution is -2.00. The molecule has 88 valence electrons. The lowest BCUT2D eigenvalue weighted by molar-refractivity contribution is 0.603. The maximum absolute atomic E-state index is 13.3. The number of hydrogen-bond donors (Lipinski definition) is 2. The van der Waals surface area contributed by atoms with Crippen LogP contribution in [0, 0.1) is 17.5 Å². The molecular formula is C12H9F3N2. The molecule has 0 spiro atoms. The van der Waals surface area contributed by atoms with Crippen molar-refractivity contribution >= 4 is 17.1 Å². The zero-order valence-electron chi connectivity index (χ0n) is 8.68.